The van der Waals surface area contributed by atoms with E-state index in [1.54, 1.807) is 13.4 Å². The average molecular weight is 418 g/mol. The Balaban J connectivity index is 1.88. The second kappa shape index (κ2) is 10.9. The van der Waals surface area contributed by atoms with Gasteiger partial charge in [-0.25, -0.2) is 4.99 Å². The van der Waals surface area contributed by atoms with Gasteiger partial charge in [-0.2, -0.15) is 0 Å². The third-order valence-corrected chi connectivity index (χ3v) is 4.36. The van der Waals surface area contributed by atoms with Gasteiger partial charge in [0.15, 0.2) is 0 Å². The molecule has 3 aromatic carbocycles. The van der Waals surface area contributed by atoms with E-state index in [0.717, 1.165) is 28.5 Å². The maximum atomic E-state index is 6.12. The average Bonchev–Trinajstić information content (AvgIpc) is 2.79. The van der Waals surface area contributed by atoms with Crippen LogP contribution in [0, 0.1) is 6.92 Å². The zero-order valence-electron chi connectivity index (χ0n) is 18.3. The molecule has 0 spiro atoms. The fourth-order valence-corrected chi connectivity index (χ4v) is 2.69. The summed E-state index contributed by atoms with van der Waals surface area (Å²) < 4.78 is 22.7. The molecule has 0 radical (unpaired) electrons. The Labute approximate surface area is 183 Å². The number of nitrogens with zero attached hydrogens (tertiary/aromatic N) is 1. The predicted octanol–water partition coefficient (Wildman–Crippen LogP) is 6.49. The van der Waals surface area contributed by atoms with Gasteiger partial charge in [-0.1, -0.05) is 23.8 Å². The molecule has 0 fully saturated rings. The Morgan fingerprint density at radius 2 is 1.55 bits per heavy atom. The summed E-state index contributed by atoms with van der Waals surface area (Å²) in [5.74, 6) is 3.29. The van der Waals surface area contributed by atoms with E-state index in [1.807, 2.05) is 93.6 Å². The first-order valence-electron chi connectivity index (χ1n) is 10.1. The topological polar surface area (TPSA) is 49.3 Å². The number of hydrogen-bond acceptors (Lipinski definition) is 5. The van der Waals surface area contributed by atoms with Gasteiger partial charge in [-0.3, -0.25) is 0 Å². The lowest BCUT2D eigenvalue weighted by molar-refractivity contribution is 0.339. The fourth-order valence-electron chi connectivity index (χ4n) is 2.69. The number of aryl methyl sites for hydroxylation is 1. The van der Waals surface area contributed by atoms with Crippen LogP contribution in [0.1, 0.15) is 19.4 Å². The van der Waals surface area contributed by atoms with E-state index in [-0.39, 0.29) is 0 Å². The quantitative estimate of drug-likeness (QED) is 0.239. The van der Waals surface area contributed by atoms with Crippen molar-refractivity contribution in [1.82, 2.24) is 0 Å². The van der Waals surface area contributed by atoms with Gasteiger partial charge in [0.05, 0.1) is 25.7 Å². The van der Waals surface area contributed by atoms with Gasteiger partial charge >= 0.3 is 0 Å². The fraction of sp³-hybridized carbons (Fsp3) is 0.192. The summed E-state index contributed by atoms with van der Waals surface area (Å²) in [6.45, 7) is 6.45. The van der Waals surface area contributed by atoms with Crippen molar-refractivity contribution in [2.45, 2.75) is 20.8 Å². The van der Waals surface area contributed by atoms with Gasteiger partial charge in [0.2, 0.25) is 5.90 Å². The lowest BCUT2D eigenvalue weighted by atomic mass is 10.2. The van der Waals surface area contributed by atoms with E-state index in [0.29, 0.717) is 18.3 Å². The second-order valence-electron chi connectivity index (χ2n) is 6.86. The van der Waals surface area contributed by atoms with Crippen molar-refractivity contribution in [3.63, 3.8) is 0 Å². The minimum Gasteiger partial charge on any atom is -0.497 e. The van der Waals surface area contributed by atoms with Gasteiger partial charge in [-0.15, -0.1) is 0 Å². The summed E-state index contributed by atoms with van der Waals surface area (Å²) in [7, 11) is 1.63. The van der Waals surface area contributed by atoms with E-state index >= 15 is 0 Å². The van der Waals surface area contributed by atoms with Crippen LogP contribution in [-0.4, -0.2) is 19.6 Å². The number of methoxy groups -OCH3 is 1. The normalized spacial score (nSPS) is 11.7. The number of rotatable bonds is 8. The van der Waals surface area contributed by atoms with E-state index < -0.39 is 0 Å². The highest BCUT2D eigenvalue weighted by Gasteiger charge is 2.09. The standard InChI is InChI=1S/C26H27NO4/c1-5-29-24-7-6-8-25(17-24)31-26(27-21-11-15-22(28-4)16-12-21)20(3)18-30-23-13-9-19(2)10-14-23/h6-18H,5H2,1-4H3/b20-18+,27-26?. The van der Waals surface area contributed by atoms with Gasteiger partial charge in [-0.05, 0) is 69.3 Å². The molecule has 0 heterocycles. The number of ether oxygens (including phenoxy) is 4. The van der Waals surface area contributed by atoms with Crippen molar-refractivity contribution < 1.29 is 18.9 Å². The third kappa shape index (κ3) is 6.64. The molecule has 0 unspecified atom stereocenters. The molecule has 5 nitrogen and oxygen atoms in total. The lowest BCUT2D eigenvalue weighted by Crippen LogP contribution is -2.11. The summed E-state index contributed by atoms with van der Waals surface area (Å²) in [5.41, 5.74) is 2.64. The molecule has 0 saturated carbocycles. The highest BCUT2D eigenvalue weighted by Crippen LogP contribution is 2.23. The molecule has 31 heavy (non-hydrogen) atoms. The van der Waals surface area contributed by atoms with Crippen LogP contribution in [0.3, 0.4) is 0 Å². The van der Waals surface area contributed by atoms with Crippen LogP contribution >= 0.6 is 0 Å². The van der Waals surface area contributed by atoms with Crippen LogP contribution in [0.2, 0.25) is 0 Å². The summed E-state index contributed by atoms with van der Waals surface area (Å²) >= 11 is 0. The van der Waals surface area contributed by atoms with Gasteiger partial charge in [0, 0.05) is 11.6 Å². The number of aliphatic imine (C=N–C) groups is 1. The minimum absolute atomic E-state index is 0.422. The first-order valence-corrected chi connectivity index (χ1v) is 10.1. The first-order chi connectivity index (χ1) is 15.1. The van der Waals surface area contributed by atoms with E-state index in [4.69, 9.17) is 18.9 Å². The second-order valence-corrected chi connectivity index (χ2v) is 6.86. The summed E-state index contributed by atoms with van der Waals surface area (Å²) in [5, 5.41) is 0. The largest absolute Gasteiger partial charge is 0.497 e. The van der Waals surface area contributed by atoms with Crippen LogP contribution in [0.4, 0.5) is 5.69 Å². The highest BCUT2D eigenvalue weighted by molar-refractivity contribution is 5.96. The molecule has 0 aliphatic heterocycles. The predicted molar refractivity (Wildman–Crippen MR) is 124 cm³/mol. The molecule has 0 aliphatic carbocycles. The van der Waals surface area contributed by atoms with Crippen LogP contribution < -0.4 is 18.9 Å². The first kappa shape index (κ1) is 22.0. The van der Waals surface area contributed by atoms with Crippen LogP contribution in [-0.2, 0) is 0 Å². The molecule has 3 rings (SSSR count). The lowest BCUT2D eigenvalue weighted by Gasteiger charge is -2.12. The molecule has 0 saturated heterocycles. The van der Waals surface area contributed by atoms with Crippen molar-refractivity contribution in [2.75, 3.05) is 13.7 Å². The van der Waals surface area contributed by atoms with Gasteiger partial charge < -0.3 is 18.9 Å². The zero-order valence-corrected chi connectivity index (χ0v) is 18.3. The van der Waals surface area contributed by atoms with Crippen molar-refractivity contribution in [1.29, 1.82) is 0 Å². The van der Waals surface area contributed by atoms with Crippen molar-refractivity contribution in [3.05, 3.63) is 90.2 Å². The Kier molecular flexibility index (Phi) is 7.71. The van der Waals surface area contributed by atoms with Crippen molar-refractivity contribution >= 4 is 11.6 Å². The van der Waals surface area contributed by atoms with Gasteiger partial charge in [0.1, 0.15) is 23.0 Å². The van der Waals surface area contributed by atoms with E-state index in [9.17, 15) is 0 Å². The maximum Gasteiger partial charge on any atom is 0.225 e. The van der Waals surface area contributed by atoms with Crippen LogP contribution in [0.15, 0.2) is 89.6 Å². The minimum atomic E-state index is 0.422. The monoisotopic (exact) mass is 417 g/mol. The Morgan fingerprint density at radius 3 is 2.23 bits per heavy atom. The highest BCUT2D eigenvalue weighted by atomic mass is 16.5. The summed E-state index contributed by atoms with van der Waals surface area (Å²) in [6.07, 6.45) is 1.64. The maximum absolute atomic E-state index is 6.12. The van der Waals surface area contributed by atoms with Crippen molar-refractivity contribution in [3.8, 4) is 23.0 Å². The summed E-state index contributed by atoms with van der Waals surface area (Å²) in [6, 6.07) is 22.8. The molecule has 3 aromatic rings. The molecule has 0 N–H and O–H groups in total. The Morgan fingerprint density at radius 1 is 0.871 bits per heavy atom. The Hall–Kier alpha value is -3.73. The molecule has 0 atom stereocenters. The van der Waals surface area contributed by atoms with E-state index in [1.165, 1.54) is 5.56 Å². The Bertz CT molecular complexity index is 1040. The molecule has 0 bridgehead atoms. The van der Waals surface area contributed by atoms with Crippen LogP contribution in [0.5, 0.6) is 23.0 Å². The molecule has 160 valence electrons. The molecular formula is C26H27NO4. The van der Waals surface area contributed by atoms with Gasteiger partial charge in [0.25, 0.3) is 0 Å². The smallest absolute Gasteiger partial charge is 0.225 e. The number of benzene rings is 3. The van der Waals surface area contributed by atoms with Crippen LogP contribution in [0.25, 0.3) is 0 Å². The zero-order chi connectivity index (χ0) is 22.1. The summed E-state index contributed by atoms with van der Waals surface area (Å²) in [4.78, 5) is 4.68. The molecule has 0 aliphatic rings. The third-order valence-electron chi connectivity index (χ3n) is 4.36. The molecule has 0 aromatic heterocycles. The van der Waals surface area contributed by atoms with Crippen molar-refractivity contribution in [2.24, 2.45) is 4.99 Å². The van der Waals surface area contributed by atoms with E-state index in [2.05, 4.69) is 4.99 Å². The molecule has 0 amide bonds. The molecule has 5 heteroatoms. The molecular weight excluding hydrogens is 390 g/mol. The SMILES string of the molecule is CCOc1cccc(OC(=Nc2ccc(OC)cc2)/C(C)=C/Oc2ccc(C)cc2)c1. The number of hydrogen-bond donors (Lipinski definition) is 0.